The molecule has 28 heavy (non-hydrogen) atoms. The van der Waals surface area contributed by atoms with Gasteiger partial charge >= 0.3 is 8.80 Å². The molecule has 1 aromatic carbocycles. The number of rotatable bonds is 19. The van der Waals surface area contributed by atoms with Crippen molar-refractivity contribution in [1.82, 2.24) is 0 Å². The van der Waals surface area contributed by atoms with Crippen molar-refractivity contribution >= 4 is 8.80 Å². The lowest BCUT2D eigenvalue weighted by Gasteiger charge is -2.24. The van der Waals surface area contributed by atoms with Crippen LogP contribution < -0.4 is 4.74 Å². The molecule has 0 saturated heterocycles. The summed E-state index contributed by atoms with van der Waals surface area (Å²) in [4.78, 5) is 0. The van der Waals surface area contributed by atoms with Crippen LogP contribution in [-0.2, 0) is 18.0 Å². The first kappa shape index (κ1) is 25.1. The van der Waals surface area contributed by atoms with Gasteiger partial charge in [-0.1, -0.05) is 63.1 Å². The molecule has 162 valence electrons. The molecule has 1 rings (SSSR count). The highest BCUT2D eigenvalue weighted by Gasteiger charge is 2.36. The van der Waals surface area contributed by atoms with Gasteiger partial charge in [-0.05, 0) is 25.0 Å². The molecule has 0 bridgehead atoms. The van der Waals surface area contributed by atoms with Gasteiger partial charge in [-0.3, -0.25) is 0 Å². The molecule has 0 atom stereocenters. The average molecular weight is 413 g/mol. The molecule has 6 heteroatoms. The van der Waals surface area contributed by atoms with E-state index in [-0.39, 0.29) is 0 Å². The highest BCUT2D eigenvalue weighted by atomic mass is 28.4. The lowest BCUT2D eigenvalue weighted by Crippen LogP contribution is -2.42. The van der Waals surface area contributed by atoms with Crippen LogP contribution in [0.5, 0.6) is 5.75 Å². The molecular formula is C22H40O5Si. The second-order valence-electron chi connectivity index (χ2n) is 7.00. The molecule has 0 radical (unpaired) electrons. The zero-order valence-corrected chi connectivity index (χ0v) is 19.1. The van der Waals surface area contributed by atoms with E-state index in [1.54, 1.807) is 21.3 Å². The van der Waals surface area contributed by atoms with E-state index >= 15 is 0 Å². The molecule has 0 N–H and O–H groups in total. The Morgan fingerprint density at radius 2 is 1.14 bits per heavy atom. The van der Waals surface area contributed by atoms with E-state index in [4.69, 9.17) is 22.8 Å². The van der Waals surface area contributed by atoms with Gasteiger partial charge in [0.2, 0.25) is 0 Å². The Balaban J connectivity index is 1.79. The topological polar surface area (TPSA) is 46.2 Å². The van der Waals surface area contributed by atoms with E-state index in [9.17, 15) is 0 Å². The summed E-state index contributed by atoms with van der Waals surface area (Å²) in [5, 5.41) is 0. The maximum Gasteiger partial charge on any atom is 0.500 e. The molecule has 5 nitrogen and oxygen atoms in total. The van der Waals surface area contributed by atoms with Crippen LogP contribution in [0, 0.1) is 0 Å². The molecular weight excluding hydrogens is 372 g/mol. The minimum absolute atomic E-state index is 0.618. The van der Waals surface area contributed by atoms with Crippen molar-refractivity contribution in [1.29, 1.82) is 0 Å². The van der Waals surface area contributed by atoms with Crippen LogP contribution >= 0.6 is 0 Å². The lowest BCUT2D eigenvalue weighted by atomic mass is 10.1. The summed E-state index contributed by atoms with van der Waals surface area (Å²) in [7, 11) is 2.69. The van der Waals surface area contributed by atoms with Gasteiger partial charge in [-0.15, -0.1) is 0 Å². The van der Waals surface area contributed by atoms with Gasteiger partial charge in [0.1, 0.15) is 12.4 Å². The Labute approximate surface area is 173 Å². The average Bonchev–Trinajstić information content (AvgIpc) is 2.75. The van der Waals surface area contributed by atoms with E-state index in [1.165, 1.54) is 44.9 Å². The largest absolute Gasteiger partial charge is 0.500 e. The van der Waals surface area contributed by atoms with E-state index in [0.717, 1.165) is 31.2 Å². The first-order valence-corrected chi connectivity index (χ1v) is 12.6. The molecule has 0 aliphatic carbocycles. The highest BCUT2D eigenvalue weighted by molar-refractivity contribution is 6.60. The fourth-order valence-electron chi connectivity index (χ4n) is 3.18. The highest BCUT2D eigenvalue weighted by Crippen LogP contribution is 2.18. The summed E-state index contributed by atoms with van der Waals surface area (Å²) >= 11 is 0. The standard InChI is InChI=1S/C22H40O5Si/c1-23-28(24-2,25-3)21-15-10-8-6-4-5-7-9-14-18-26-19-20-27-22-16-12-11-13-17-22/h11-13,16-17H,4-10,14-15,18-21H2,1-3H3. The molecule has 0 aromatic heterocycles. The van der Waals surface area contributed by atoms with Gasteiger partial charge in [-0.2, -0.15) is 0 Å². The minimum atomic E-state index is -2.36. The maximum absolute atomic E-state index is 5.63. The van der Waals surface area contributed by atoms with Gasteiger partial charge < -0.3 is 22.8 Å². The zero-order valence-electron chi connectivity index (χ0n) is 18.1. The predicted octanol–water partition coefficient (Wildman–Crippen LogP) is 5.47. The molecule has 0 aliphatic heterocycles. The molecule has 0 unspecified atom stereocenters. The van der Waals surface area contributed by atoms with E-state index in [1.807, 2.05) is 30.3 Å². The molecule has 0 spiro atoms. The number of unbranched alkanes of at least 4 members (excludes halogenated alkanes) is 8. The Hall–Kier alpha value is -0.923. The third-order valence-corrected chi connectivity index (χ3v) is 7.78. The minimum Gasteiger partial charge on any atom is -0.491 e. The second kappa shape index (κ2) is 17.0. The number of ether oxygens (including phenoxy) is 2. The van der Waals surface area contributed by atoms with Gasteiger partial charge in [-0.25, -0.2) is 0 Å². The Kier molecular flexibility index (Phi) is 15.2. The number of hydrogen-bond acceptors (Lipinski definition) is 5. The van der Waals surface area contributed by atoms with E-state index in [0.29, 0.717) is 13.2 Å². The quantitative estimate of drug-likeness (QED) is 0.223. The summed E-state index contributed by atoms with van der Waals surface area (Å²) in [6.45, 7) is 2.11. The van der Waals surface area contributed by atoms with Gasteiger partial charge in [0, 0.05) is 34.0 Å². The van der Waals surface area contributed by atoms with Crippen LogP contribution in [0.25, 0.3) is 0 Å². The summed E-state index contributed by atoms with van der Waals surface area (Å²) in [6.07, 6.45) is 11.3. The first-order chi connectivity index (χ1) is 13.8. The molecule has 0 saturated carbocycles. The zero-order chi connectivity index (χ0) is 20.3. The van der Waals surface area contributed by atoms with Crippen LogP contribution in [0.1, 0.15) is 57.8 Å². The summed E-state index contributed by atoms with van der Waals surface area (Å²) in [5.74, 6) is 0.906. The first-order valence-electron chi connectivity index (χ1n) is 10.7. The summed E-state index contributed by atoms with van der Waals surface area (Å²) in [6, 6.07) is 10.8. The fraction of sp³-hybridized carbons (Fsp3) is 0.727. The summed E-state index contributed by atoms with van der Waals surface area (Å²) < 4.78 is 27.6. The van der Waals surface area contributed by atoms with Crippen molar-refractivity contribution in [3.05, 3.63) is 30.3 Å². The number of hydrogen-bond donors (Lipinski definition) is 0. The smallest absolute Gasteiger partial charge is 0.491 e. The lowest BCUT2D eigenvalue weighted by molar-refractivity contribution is 0.0970. The molecule has 0 aliphatic rings. The van der Waals surface area contributed by atoms with Crippen molar-refractivity contribution in [3.8, 4) is 5.75 Å². The predicted molar refractivity (Wildman–Crippen MR) is 116 cm³/mol. The van der Waals surface area contributed by atoms with Crippen molar-refractivity contribution in [2.24, 2.45) is 0 Å². The monoisotopic (exact) mass is 412 g/mol. The Bertz CT molecular complexity index is 445. The normalized spacial score (nSPS) is 11.7. The number of para-hydroxylation sites is 1. The molecule has 0 fully saturated rings. The van der Waals surface area contributed by atoms with Crippen molar-refractivity contribution in [3.63, 3.8) is 0 Å². The SMILES string of the molecule is CO[Si](CCCCCCCCCCCOCCOc1ccccc1)(OC)OC. The Morgan fingerprint density at radius 1 is 0.607 bits per heavy atom. The van der Waals surface area contributed by atoms with Crippen LogP contribution in [0.3, 0.4) is 0 Å². The maximum atomic E-state index is 5.63. The van der Waals surface area contributed by atoms with Gasteiger partial charge in [0.05, 0.1) is 6.61 Å². The van der Waals surface area contributed by atoms with Crippen LogP contribution in [0.2, 0.25) is 6.04 Å². The van der Waals surface area contributed by atoms with Gasteiger partial charge in [0.15, 0.2) is 0 Å². The van der Waals surface area contributed by atoms with Crippen LogP contribution in [0.15, 0.2) is 30.3 Å². The Morgan fingerprint density at radius 3 is 1.71 bits per heavy atom. The van der Waals surface area contributed by atoms with E-state index in [2.05, 4.69) is 0 Å². The summed E-state index contributed by atoms with van der Waals surface area (Å²) in [5.41, 5.74) is 0. The fourth-order valence-corrected chi connectivity index (χ4v) is 4.97. The molecule has 1 aromatic rings. The third-order valence-electron chi connectivity index (χ3n) is 4.94. The number of benzene rings is 1. The molecule has 0 amide bonds. The van der Waals surface area contributed by atoms with E-state index < -0.39 is 8.80 Å². The van der Waals surface area contributed by atoms with Crippen LogP contribution in [-0.4, -0.2) is 50.0 Å². The van der Waals surface area contributed by atoms with Crippen molar-refractivity contribution in [2.75, 3.05) is 41.2 Å². The third kappa shape index (κ3) is 11.8. The molecule has 0 heterocycles. The van der Waals surface area contributed by atoms with Gasteiger partial charge in [0.25, 0.3) is 0 Å². The second-order valence-corrected chi connectivity index (χ2v) is 10.1. The van der Waals surface area contributed by atoms with Crippen LogP contribution in [0.4, 0.5) is 0 Å². The van der Waals surface area contributed by atoms with Crippen molar-refractivity contribution in [2.45, 2.75) is 63.8 Å². The van der Waals surface area contributed by atoms with Crippen molar-refractivity contribution < 1.29 is 22.8 Å².